The van der Waals surface area contributed by atoms with Gasteiger partial charge in [0.15, 0.2) is 5.65 Å². The standard InChI is InChI=1S/C15H20N4O/c20-14-8-12(7-10-3-5-16-6-4-10)18-15-13(11-1-2-11)9-17-19(14)15/h8-11,16-17H,1-7H2. The summed E-state index contributed by atoms with van der Waals surface area (Å²) in [5.41, 5.74) is 3.05. The number of nitrogens with one attached hydrogen (secondary N) is 2. The van der Waals surface area contributed by atoms with Gasteiger partial charge in [-0.15, -0.1) is 0 Å². The van der Waals surface area contributed by atoms with Crippen molar-refractivity contribution in [2.24, 2.45) is 5.92 Å². The van der Waals surface area contributed by atoms with E-state index in [1.54, 1.807) is 10.6 Å². The van der Waals surface area contributed by atoms with Crippen molar-refractivity contribution in [1.29, 1.82) is 0 Å². The van der Waals surface area contributed by atoms with Gasteiger partial charge in [-0.25, -0.2) is 9.50 Å². The van der Waals surface area contributed by atoms with Crippen LogP contribution in [0.15, 0.2) is 17.1 Å². The van der Waals surface area contributed by atoms with Crippen LogP contribution in [-0.4, -0.2) is 27.7 Å². The van der Waals surface area contributed by atoms with E-state index in [1.165, 1.54) is 31.2 Å². The Hall–Kier alpha value is -1.62. The average Bonchev–Trinajstić information content (AvgIpc) is 3.20. The molecule has 1 aliphatic carbocycles. The highest BCUT2D eigenvalue weighted by Crippen LogP contribution is 2.41. The molecule has 2 aromatic rings. The normalized spacial score (nSPS) is 20.6. The molecule has 1 saturated carbocycles. The summed E-state index contributed by atoms with van der Waals surface area (Å²) in [5, 5.41) is 6.42. The van der Waals surface area contributed by atoms with E-state index < -0.39 is 0 Å². The van der Waals surface area contributed by atoms with Crippen LogP contribution in [-0.2, 0) is 6.42 Å². The number of piperidine rings is 1. The molecular weight excluding hydrogens is 252 g/mol. The van der Waals surface area contributed by atoms with Crippen LogP contribution in [0.2, 0.25) is 0 Å². The topological polar surface area (TPSA) is 62.2 Å². The lowest BCUT2D eigenvalue weighted by Crippen LogP contribution is -2.29. The molecule has 1 saturated heterocycles. The van der Waals surface area contributed by atoms with Crippen LogP contribution in [0.4, 0.5) is 0 Å². The molecule has 0 amide bonds. The van der Waals surface area contributed by atoms with Crippen LogP contribution in [0, 0.1) is 5.92 Å². The number of nitrogens with zero attached hydrogens (tertiary/aromatic N) is 2. The molecule has 0 aromatic carbocycles. The van der Waals surface area contributed by atoms with Gasteiger partial charge in [-0.2, -0.15) is 0 Å². The first kappa shape index (κ1) is 12.1. The summed E-state index contributed by atoms with van der Waals surface area (Å²) in [6.07, 6.45) is 7.70. The Morgan fingerprint density at radius 3 is 2.80 bits per heavy atom. The second-order valence-electron chi connectivity index (χ2n) is 6.15. The van der Waals surface area contributed by atoms with Crippen molar-refractivity contribution in [3.63, 3.8) is 0 Å². The van der Waals surface area contributed by atoms with Crippen molar-refractivity contribution in [1.82, 2.24) is 19.9 Å². The van der Waals surface area contributed by atoms with E-state index in [2.05, 4.69) is 10.4 Å². The number of hydrogen-bond donors (Lipinski definition) is 2. The van der Waals surface area contributed by atoms with E-state index in [9.17, 15) is 4.79 Å². The van der Waals surface area contributed by atoms with E-state index in [4.69, 9.17) is 4.98 Å². The molecule has 0 bridgehead atoms. The molecule has 5 heteroatoms. The van der Waals surface area contributed by atoms with Crippen molar-refractivity contribution >= 4 is 5.65 Å². The van der Waals surface area contributed by atoms with Gasteiger partial charge in [-0.1, -0.05) is 0 Å². The lowest BCUT2D eigenvalue weighted by Gasteiger charge is -2.22. The lowest BCUT2D eigenvalue weighted by atomic mass is 9.93. The van der Waals surface area contributed by atoms with Crippen molar-refractivity contribution < 1.29 is 0 Å². The van der Waals surface area contributed by atoms with Crippen LogP contribution in [0.1, 0.15) is 42.9 Å². The summed E-state index contributed by atoms with van der Waals surface area (Å²) in [6, 6.07) is 1.70. The van der Waals surface area contributed by atoms with Crippen molar-refractivity contribution in [2.75, 3.05) is 13.1 Å². The highest BCUT2D eigenvalue weighted by molar-refractivity contribution is 5.50. The van der Waals surface area contributed by atoms with Gasteiger partial charge in [0, 0.05) is 23.5 Å². The van der Waals surface area contributed by atoms with Crippen molar-refractivity contribution in [3.8, 4) is 0 Å². The fourth-order valence-corrected chi connectivity index (χ4v) is 3.23. The molecule has 0 unspecified atom stereocenters. The summed E-state index contributed by atoms with van der Waals surface area (Å²) in [4.78, 5) is 16.9. The smallest absolute Gasteiger partial charge is 0.272 e. The molecule has 2 aliphatic rings. The van der Waals surface area contributed by atoms with Crippen LogP contribution in [0.5, 0.6) is 0 Å². The molecule has 3 heterocycles. The highest BCUT2D eigenvalue weighted by Gasteiger charge is 2.27. The first-order chi connectivity index (χ1) is 9.81. The molecular formula is C15H20N4O. The zero-order chi connectivity index (χ0) is 13.5. The quantitative estimate of drug-likeness (QED) is 0.889. The maximum Gasteiger partial charge on any atom is 0.272 e. The Morgan fingerprint density at radius 2 is 2.05 bits per heavy atom. The third-order valence-corrected chi connectivity index (χ3v) is 4.55. The summed E-state index contributed by atoms with van der Waals surface area (Å²) in [7, 11) is 0. The van der Waals surface area contributed by atoms with Crippen molar-refractivity contribution in [2.45, 2.75) is 38.0 Å². The number of fused-ring (bicyclic) bond motifs is 1. The van der Waals surface area contributed by atoms with E-state index in [0.717, 1.165) is 30.9 Å². The predicted octanol–water partition coefficient (Wildman–Crippen LogP) is 1.44. The zero-order valence-electron chi connectivity index (χ0n) is 11.6. The zero-order valence-corrected chi connectivity index (χ0v) is 11.6. The van der Waals surface area contributed by atoms with E-state index in [-0.39, 0.29) is 5.56 Å². The maximum absolute atomic E-state index is 12.2. The van der Waals surface area contributed by atoms with E-state index in [0.29, 0.717) is 11.8 Å². The molecule has 1 aliphatic heterocycles. The third-order valence-electron chi connectivity index (χ3n) is 4.55. The number of H-pyrrole nitrogens is 1. The van der Waals surface area contributed by atoms with E-state index >= 15 is 0 Å². The Labute approximate surface area is 117 Å². The van der Waals surface area contributed by atoms with Gasteiger partial charge in [-0.05, 0) is 57.0 Å². The minimum atomic E-state index is 0.0193. The van der Waals surface area contributed by atoms with Gasteiger partial charge < -0.3 is 5.32 Å². The second kappa shape index (κ2) is 4.74. The summed E-state index contributed by atoms with van der Waals surface area (Å²) in [6.45, 7) is 2.17. The van der Waals surface area contributed by atoms with E-state index in [1.807, 2.05) is 6.20 Å². The van der Waals surface area contributed by atoms with Crippen LogP contribution in [0.3, 0.4) is 0 Å². The first-order valence-corrected chi connectivity index (χ1v) is 7.62. The van der Waals surface area contributed by atoms with Crippen LogP contribution >= 0.6 is 0 Å². The summed E-state index contributed by atoms with van der Waals surface area (Å²) in [5.74, 6) is 1.27. The minimum absolute atomic E-state index is 0.0193. The average molecular weight is 272 g/mol. The van der Waals surface area contributed by atoms with Gasteiger partial charge in [0.25, 0.3) is 5.56 Å². The van der Waals surface area contributed by atoms with Crippen molar-refractivity contribution in [3.05, 3.63) is 33.9 Å². The number of aromatic amines is 1. The van der Waals surface area contributed by atoms with Gasteiger partial charge in [-0.3, -0.25) is 9.89 Å². The number of aromatic nitrogens is 3. The monoisotopic (exact) mass is 272 g/mol. The van der Waals surface area contributed by atoms with Gasteiger partial charge in [0.2, 0.25) is 0 Å². The molecule has 0 atom stereocenters. The molecule has 4 rings (SSSR count). The molecule has 2 N–H and O–H groups in total. The molecule has 0 spiro atoms. The fourth-order valence-electron chi connectivity index (χ4n) is 3.23. The SMILES string of the molecule is O=c1cc(CC2CCNCC2)nc2c(C3CC3)c[nH]n12. The molecule has 0 radical (unpaired) electrons. The molecule has 106 valence electrons. The van der Waals surface area contributed by atoms with Crippen LogP contribution in [0.25, 0.3) is 5.65 Å². The molecule has 2 aromatic heterocycles. The third kappa shape index (κ3) is 2.16. The Kier molecular flexibility index (Phi) is 2.88. The summed E-state index contributed by atoms with van der Waals surface area (Å²) >= 11 is 0. The minimum Gasteiger partial charge on any atom is -0.317 e. The lowest BCUT2D eigenvalue weighted by molar-refractivity contribution is 0.370. The number of hydrogen-bond acceptors (Lipinski definition) is 3. The largest absolute Gasteiger partial charge is 0.317 e. The van der Waals surface area contributed by atoms with Gasteiger partial charge in [0.05, 0.1) is 0 Å². The van der Waals surface area contributed by atoms with Crippen LogP contribution < -0.4 is 10.9 Å². The maximum atomic E-state index is 12.2. The molecule has 5 nitrogen and oxygen atoms in total. The van der Waals surface area contributed by atoms with Gasteiger partial charge >= 0.3 is 0 Å². The highest BCUT2D eigenvalue weighted by atomic mass is 16.1. The predicted molar refractivity (Wildman–Crippen MR) is 77.1 cm³/mol. The molecule has 20 heavy (non-hydrogen) atoms. The van der Waals surface area contributed by atoms with Gasteiger partial charge in [0.1, 0.15) is 0 Å². The molecule has 2 fully saturated rings. The Bertz CT molecular complexity index is 677. The first-order valence-electron chi connectivity index (χ1n) is 7.62. The number of rotatable bonds is 3. The Morgan fingerprint density at radius 1 is 1.25 bits per heavy atom. The fraction of sp³-hybridized carbons (Fsp3) is 0.600. The second-order valence-corrected chi connectivity index (χ2v) is 6.15. The Balaban J connectivity index is 1.68. The summed E-state index contributed by atoms with van der Waals surface area (Å²) < 4.78 is 1.58.